The summed E-state index contributed by atoms with van der Waals surface area (Å²) in [5.74, 6) is 0.827. The van der Waals surface area contributed by atoms with Crippen molar-refractivity contribution in [1.29, 1.82) is 0 Å². The second kappa shape index (κ2) is 6.61. The zero-order chi connectivity index (χ0) is 17.1. The number of nitrogens with one attached hydrogen (secondary N) is 2. The molecule has 0 aliphatic heterocycles. The van der Waals surface area contributed by atoms with Crippen molar-refractivity contribution >= 4 is 22.6 Å². The first kappa shape index (κ1) is 15.1. The van der Waals surface area contributed by atoms with Gasteiger partial charge in [0.1, 0.15) is 5.82 Å². The van der Waals surface area contributed by atoms with Crippen molar-refractivity contribution in [3.05, 3.63) is 95.8 Å². The molecule has 0 saturated heterocycles. The number of imidazole rings is 1. The minimum absolute atomic E-state index is 0.106. The fraction of sp³-hybridized carbons (Fsp3) is 0.0476. The maximum absolute atomic E-state index is 12.2. The minimum atomic E-state index is -0.106. The summed E-state index contributed by atoms with van der Waals surface area (Å²) in [6.45, 7) is 0. The number of anilines is 1. The van der Waals surface area contributed by atoms with Crippen molar-refractivity contribution in [1.82, 2.24) is 9.97 Å². The molecule has 0 fully saturated rings. The van der Waals surface area contributed by atoms with Crippen LogP contribution in [-0.4, -0.2) is 15.9 Å². The minimum Gasteiger partial charge on any atom is -0.342 e. The van der Waals surface area contributed by atoms with E-state index in [4.69, 9.17) is 0 Å². The summed E-state index contributed by atoms with van der Waals surface area (Å²) < 4.78 is 0. The number of carbonyl (C=O) groups is 1. The molecule has 0 unspecified atom stereocenters. The van der Waals surface area contributed by atoms with Gasteiger partial charge in [-0.2, -0.15) is 0 Å². The third-order valence-electron chi connectivity index (χ3n) is 4.06. The molecule has 0 aliphatic carbocycles. The third kappa shape index (κ3) is 3.43. The van der Waals surface area contributed by atoms with Gasteiger partial charge in [-0.25, -0.2) is 4.98 Å². The Bertz CT molecular complexity index is 971. The molecule has 0 aliphatic rings. The number of para-hydroxylation sites is 2. The van der Waals surface area contributed by atoms with Gasteiger partial charge in [0.2, 0.25) is 0 Å². The molecule has 0 atom stereocenters. The third-order valence-corrected chi connectivity index (χ3v) is 4.06. The van der Waals surface area contributed by atoms with Crippen LogP contribution in [0.25, 0.3) is 11.0 Å². The molecular formula is C21H17N3O. The molecule has 4 heteroatoms. The second-order valence-electron chi connectivity index (χ2n) is 5.89. The Morgan fingerprint density at radius 3 is 2.36 bits per heavy atom. The monoisotopic (exact) mass is 327 g/mol. The molecule has 1 heterocycles. The summed E-state index contributed by atoms with van der Waals surface area (Å²) in [5.41, 5.74) is 4.58. The van der Waals surface area contributed by atoms with Crippen LogP contribution in [0.3, 0.4) is 0 Å². The van der Waals surface area contributed by atoms with E-state index in [-0.39, 0.29) is 5.91 Å². The molecule has 25 heavy (non-hydrogen) atoms. The smallest absolute Gasteiger partial charge is 0.255 e. The average Bonchev–Trinajstić information content (AvgIpc) is 3.06. The quantitative estimate of drug-likeness (QED) is 0.583. The van der Waals surface area contributed by atoms with Crippen LogP contribution >= 0.6 is 0 Å². The first-order valence-electron chi connectivity index (χ1n) is 8.17. The number of aromatic nitrogens is 2. The normalized spacial score (nSPS) is 10.7. The van der Waals surface area contributed by atoms with Gasteiger partial charge in [-0.1, -0.05) is 42.5 Å². The van der Waals surface area contributed by atoms with Crippen LogP contribution < -0.4 is 5.32 Å². The number of amides is 1. The first-order chi connectivity index (χ1) is 12.3. The first-order valence-corrected chi connectivity index (χ1v) is 8.17. The maximum Gasteiger partial charge on any atom is 0.255 e. The Labute approximate surface area is 145 Å². The van der Waals surface area contributed by atoms with Crippen molar-refractivity contribution in [2.75, 3.05) is 5.32 Å². The summed E-state index contributed by atoms with van der Waals surface area (Å²) in [6.07, 6.45) is 0.724. The Morgan fingerprint density at radius 2 is 1.60 bits per heavy atom. The summed E-state index contributed by atoms with van der Waals surface area (Å²) in [5, 5.41) is 2.91. The fourth-order valence-corrected chi connectivity index (χ4v) is 2.78. The van der Waals surface area contributed by atoms with Gasteiger partial charge in [-0.3, -0.25) is 4.79 Å². The van der Waals surface area contributed by atoms with Crippen molar-refractivity contribution in [2.45, 2.75) is 6.42 Å². The predicted octanol–water partition coefficient (Wildman–Crippen LogP) is 4.41. The van der Waals surface area contributed by atoms with Crippen molar-refractivity contribution in [3.63, 3.8) is 0 Å². The van der Waals surface area contributed by atoms with Gasteiger partial charge in [0, 0.05) is 17.7 Å². The number of hydrogen-bond donors (Lipinski definition) is 2. The Morgan fingerprint density at radius 1 is 0.880 bits per heavy atom. The zero-order valence-electron chi connectivity index (χ0n) is 13.6. The SMILES string of the molecule is O=C(Nc1ccc(Cc2nc3ccccc3[nH]2)cc1)c1ccccc1. The molecule has 2 N–H and O–H groups in total. The lowest BCUT2D eigenvalue weighted by Crippen LogP contribution is -2.11. The molecule has 0 radical (unpaired) electrons. The highest BCUT2D eigenvalue weighted by molar-refractivity contribution is 6.04. The van der Waals surface area contributed by atoms with E-state index in [0.717, 1.165) is 34.5 Å². The lowest BCUT2D eigenvalue weighted by atomic mass is 10.1. The molecule has 122 valence electrons. The molecule has 0 saturated carbocycles. The zero-order valence-corrected chi connectivity index (χ0v) is 13.6. The molecule has 4 rings (SSSR count). The van der Waals surface area contributed by atoms with E-state index in [2.05, 4.69) is 15.3 Å². The van der Waals surface area contributed by atoms with Crippen molar-refractivity contribution < 1.29 is 4.79 Å². The number of benzene rings is 3. The summed E-state index contributed by atoms with van der Waals surface area (Å²) >= 11 is 0. The number of fused-ring (bicyclic) bond motifs is 1. The van der Waals surface area contributed by atoms with Crippen LogP contribution in [0.5, 0.6) is 0 Å². The summed E-state index contributed by atoms with van der Waals surface area (Å²) in [4.78, 5) is 20.1. The van der Waals surface area contributed by atoms with Crippen LogP contribution in [0.1, 0.15) is 21.7 Å². The molecule has 1 amide bonds. The maximum atomic E-state index is 12.2. The summed E-state index contributed by atoms with van der Waals surface area (Å²) in [6, 6.07) is 25.0. The fourth-order valence-electron chi connectivity index (χ4n) is 2.78. The van der Waals surface area contributed by atoms with E-state index >= 15 is 0 Å². The van der Waals surface area contributed by atoms with Crippen LogP contribution in [-0.2, 0) is 6.42 Å². The average molecular weight is 327 g/mol. The molecule has 0 bridgehead atoms. The van der Waals surface area contributed by atoms with Crippen LogP contribution in [0.2, 0.25) is 0 Å². The number of aromatic amines is 1. The van der Waals surface area contributed by atoms with Crippen molar-refractivity contribution in [2.24, 2.45) is 0 Å². The van der Waals surface area contributed by atoms with Gasteiger partial charge in [-0.05, 0) is 42.0 Å². The number of H-pyrrole nitrogens is 1. The number of nitrogens with zero attached hydrogens (tertiary/aromatic N) is 1. The van der Waals surface area contributed by atoms with Gasteiger partial charge >= 0.3 is 0 Å². The number of carbonyl (C=O) groups excluding carboxylic acids is 1. The summed E-state index contributed by atoms with van der Waals surface area (Å²) in [7, 11) is 0. The van der Waals surface area contributed by atoms with Gasteiger partial charge in [0.05, 0.1) is 11.0 Å². The Hall–Kier alpha value is -3.40. The largest absolute Gasteiger partial charge is 0.342 e. The van der Waals surface area contributed by atoms with E-state index in [1.54, 1.807) is 12.1 Å². The Kier molecular flexibility index (Phi) is 4.01. The highest BCUT2D eigenvalue weighted by atomic mass is 16.1. The van der Waals surface area contributed by atoms with Crippen LogP contribution in [0.15, 0.2) is 78.9 Å². The van der Waals surface area contributed by atoms with Gasteiger partial charge in [-0.15, -0.1) is 0 Å². The molecule has 0 spiro atoms. The number of hydrogen-bond acceptors (Lipinski definition) is 2. The standard InChI is InChI=1S/C21H17N3O/c25-21(16-6-2-1-3-7-16)22-17-12-10-15(11-13-17)14-20-23-18-8-4-5-9-19(18)24-20/h1-13H,14H2,(H,22,25)(H,23,24). The van der Waals surface area contributed by atoms with Crippen molar-refractivity contribution in [3.8, 4) is 0 Å². The van der Waals surface area contributed by atoms with E-state index < -0.39 is 0 Å². The van der Waals surface area contributed by atoms with Gasteiger partial charge in [0.25, 0.3) is 5.91 Å². The predicted molar refractivity (Wildman–Crippen MR) is 99.7 cm³/mol. The molecule has 4 nitrogen and oxygen atoms in total. The van der Waals surface area contributed by atoms with Gasteiger partial charge in [0.15, 0.2) is 0 Å². The Balaban J connectivity index is 1.45. The highest BCUT2D eigenvalue weighted by Crippen LogP contribution is 2.16. The lowest BCUT2D eigenvalue weighted by Gasteiger charge is -2.06. The highest BCUT2D eigenvalue weighted by Gasteiger charge is 2.06. The van der Waals surface area contributed by atoms with E-state index in [1.165, 1.54) is 0 Å². The van der Waals surface area contributed by atoms with Crippen LogP contribution in [0.4, 0.5) is 5.69 Å². The van der Waals surface area contributed by atoms with E-state index in [9.17, 15) is 4.79 Å². The molecule has 3 aromatic carbocycles. The molecule has 1 aromatic heterocycles. The lowest BCUT2D eigenvalue weighted by molar-refractivity contribution is 0.102. The second-order valence-corrected chi connectivity index (χ2v) is 5.89. The molecular weight excluding hydrogens is 310 g/mol. The number of rotatable bonds is 4. The van der Waals surface area contributed by atoms with E-state index in [1.807, 2.05) is 66.7 Å². The topological polar surface area (TPSA) is 57.8 Å². The van der Waals surface area contributed by atoms with Gasteiger partial charge < -0.3 is 10.3 Å². The van der Waals surface area contributed by atoms with E-state index in [0.29, 0.717) is 5.56 Å². The van der Waals surface area contributed by atoms with Crippen LogP contribution in [0, 0.1) is 0 Å². The molecule has 4 aromatic rings.